The van der Waals surface area contributed by atoms with Gasteiger partial charge in [-0.25, -0.2) is 0 Å². The maximum Gasteiger partial charge on any atom is 0.262 e. The van der Waals surface area contributed by atoms with Crippen LogP contribution in [0.15, 0.2) is 78.9 Å². The summed E-state index contributed by atoms with van der Waals surface area (Å²) in [5.41, 5.74) is 1.17. The normalized spacial score (nSPS) is 13.7. The van der Waals surface area contributed by atoms with E-state index >= 15 is 0 Å². The van der Waals surface area contributed by atoms with Crippen LogP contribution in [0.2, 0.25) is 0 Å². The molecule has 6 heteroatoms. The van der Waals surface area contributed by atoms with Crippen LogP contribution in [0, 0.1) is 0 Å². The highest BCUT2D eigenvalue weighted by Gasteiger charge is 2.41. The zero-order chi connectivity index (χ0) is 21.3. The predicted molar refractivity (Wildman–Crippen MR) is 113 cm³/mol. The largest absolute Gasteiger partial charge is 0.455 e. The van der Waals surface area contributed by atoms with Gasteiger partial charge in [-0.2, -0.15) is 0 Å². The number of rotatable bonds is 5. The van der Waals surface area contributed by atoms with Crippen molar-refractivity contribution in [2.24, 2.45) is 0 Å². The van der Waals surface area contributed by atoms with Gasteiger partial charge in [0.15, 0.2) is 5.75 Å². The van der Waals surface area contributed by atoms with Crippen LogP contribution in [0.5, 0.6) is 11.5 Å². The Hall–Kier alpha value is -3.93. The molecule has 0 saturated heterocycles. The molecule has 1 aliphatic rings. The van der Waals surface area contributed by atoms with E-state index in [1.165, 1.54) is 4.90 Å². The topological polar surface area (TPSA) is 66.9 Å². The second kappa shape index (κ2) is 7.83. The Morgan fingerprint density at radius 1 is 0.833 bits per heavy atom. The zero-order valence-electron chi connectivity index (χ0n) is 16.6. The van der Waals surface area contributed by atoms with Gasteiger partial charge >= 0.3 is 0 Å². The number of carbonyl (C=O) groups excluding carboxylic acids is 3. The molecule has 6 nitrogen and oxygen atoms in total. The van der Waals surface area contributed by atoms with Crippen LogP contribution in [0.4, 0.5) is 5.69 Å². The van der Waals surface area contributed by atoms with Crippen molar-refractivity contribution in [1.82, 2.24) is 4.90 Å². The Kier molecular flexibility index (Phi) is 5.06. The molecule has 0 fully saturated rings. The van der Waals surface area contributed by atoms with Gasteiger partial charge in [-0.15, -0.1) is 0 Å². The van der Waals surface area contributed by atoms with E-state index in [2.05, 4.69) is 0 Å². The zero-order valence-corrected chi connectivity index (χ0v) is 16.6. The highest BCUT2D eigenvalue weighted by molar-refractivity contribution is 6.23. The van der Waals surface area contributed by atoms with Crippen molar-refractivity contribution >= 4 is 23.4 Å². The molecule has 0 bridgehead atoms. The number of hydrogen-bond acceptors (Lipinski definition) is 4. The first-order valence-corrected chi connectivity index (χ1v) is 9.55. The maximum absolute atomic E-state index is 13.2. The van der Waals surface area contributed by atoms with Crippen LogP contribution in [-0.4, -0.2) is 35.7 Å². The second-order valence-electron chi connectivity index (χ2n) is 6.98. The Morgan fingerprint density at radius 3 is 2.00 bits per heavy atom. The van der Waals surface area contributed by atoms with Gasteiger partial charge < -0.3 is 9.64 Å². The van der Waals surface area contributed by atoms with Crippen LogP contribution >= 0.6 is 0 Å². The van der Waals surface area contributed by atoms with Crippen molar-refractivity contribution < 1.29 is 19.1 Å². The molecule has 1 heterocycles. The summed E-state index contributed by atoms with van der Waals surface area (Å²) in [5.74, 6) is -0.181. The highest BCUT2D eigenvalue weighted by Crippen LogP contribution is 2.33. The van der Waals surface area contributed by atoms with Crippen molar-refractivity contribution in [2.75, 3.05) is 11.9 Å². The second-order valence-corrected chi connectivity index (χ2v) is 6.98. The number of benzene rings is 3. The van der Waals surface area contributed by atoms with Crippen molar-refractivity contribution in [3.05, 3.63) is 90.0 Å². The quantitative estimate of drug-likeness (QED) is 0.604. The van der Waals surface area contributed by atoms with E-state index in [0.29, 0.717) is 28.3 Å². The Balaban J connectivity index is 1.59. The van der Waals surface area contributed by atoms with Crippen molar-refractivity contribution in [3.63, 3.8) is 0 Å². The van der Waals surface area contributed by atoms with E-state index in [4.69, 9.17) is 4.74 Å². The fourth-order valence-electron chi connectivity index (χ4n) is 3.51. The third-order valence-corrected chi connectivity index (χ3v) is 5.10. The number of para-hydroxylation sites is 3. The number of likely N-dealkylation sites (N-methyl/N-ethyl adjacent to an activating group) is 1. The summed E-state index contributed by atoms with van der Waals surface area (Å²) < 4.78 is 5.94. The number of fused-ring (bicyclic) bond motifs is 1. The number of amides is 3. The van der Waals surface area contributed by atoms with Crippen LogP contribution in [0.1, 0.15) is 27.6 Å². The van der Waals surface area contributed by atoms with Crippen molar-refractivity contribution in [1.29, 1.82) is 0 Å². The lowest BCUT2D eigenvalue weighted by atomic mass is 10.1. The Labute approximate surface area is 174 Å². The number of imide groups is 1. The van der Waals surface area contributed by atoms with Gasteiger partial charge in [0.2, 0.25) is 5.91 Å². The molecule has 150 valence electrons. The van der Waals surface area contributed by atoms with Gasteiger partial charge in [0, 0.05) is 7.05 Å². The lowest BCUT2D eigenvalue weighted by Gasteiger charge is -2.27. The molecule has 4 rings (SSSR count). The Morgan fingerprint density at radius 2 is 1.37 bits per heavy atom. The minimum Gasteiger partial charge on any atom is -0.455 e. The lowest BCUT2D eigenvalue weighted by molar-refractivity contribution is -0.121. The molecule has 1 aliphatic heterocycles. The van der Waals surface area contributed by atoms with E-state index < -0.39 is 23.8 Å². The van der Waals surface area contributed by atoms with Crippen molar-refractivity contribution in [2.45, 2.75) is 13.0 Å². The van der Waals surface area contributed by atoms with Gasteiger partial charge in [-0.3, -0.25) is 19.3 Å². The fraction of sp³-hybridized carbons (Fsp3) is 0.125. The first-order chi connectivity index (χ1) is 14.5. The van der Waals surface area contributed by atoms with E-state index in [0.717, 1.165) is 4.90 Å². The van der Waals surface area contributed by atoms with Crippen LogP contribution in [-0.2, 0) is 4.79 Å². The summed E-state index contributed by atoms with van der Waals surface area (Å²) in [4.78, 5) is 41.1. The molecule has 30 heavy (non-hydrogen) atoms. The van der Waals surface area contributed by atoms with E-state index in [1.807, 2.05) is 36.4 Å². The van der Waals surface area contributed by atoms with E-state index in [9.17, 15) is 14.4 Å². The standard InChI is InChI=1S/C24H20N2O4/c1-16(26-23(28)18-12-6-7-13-19(18)24(26)29)22(27)25(2)20-14-8-9-15-21(20)30-17-10-4-3-5-11-17/h3-16H,1-2H3. The maximum atomic E-state index is 13.2. The fourth-order valence-corrected chi connectivity index (χ4v) is 3.51. The number of anilines is 1. The number of carbonyl (C=O) groups is 3. The van der Waals surface area contributed by atoms with E-state index in [1.54, 1.807) is 56.4 Å². The van der Waals surface area contributed by atoms with Gasteiger partial charge in [-0.1, -0.05) is 42.5 Å². The number of ether oxygens (including phenoxy) is 1. The van der Waals surface area contributed by atoms with Crippen molar-refractivity contribution in [3.8, 4) is 11.5 Å². The SMILES string of the molecule is CC(C(=O)N(C)c1ccccc1Oc1ccccc1)N1C(=O)c2ccccc2C1=O. The minimum absolute atomic E-state index is 0.317. The van der Waals surface area contributed by atoms with Crippen LogP contribution < -0.4 is 9.64 Å². The summed E-state index contributed by atoms with van der Waals surface area (Å²) in [5, 5.41) is 0. The van der Waals surface area contributed by atoms with Crippen LogP contribution in [0.3, 0.4) is 0 Å². The third-order valence-electron chi connectivity index (χ3n) is 5.10. The molecule has 0 aliphatic carbocycles. The van der Waals surface area contributed by atoms with Crippen LogP contribution in [0.25, 0.3) is 0 Å². The molecule has 3 aromatic rings. The van der Waals surface area contributed by atoms with Gasteiger partial charge in [0.1, 0.15) is 11.8 Å². The molecule has 0 aromatic heterocycles. The molecule has 1 atom stereocenters. The number of hydrogen-bond donors (Lipinski definition) is 0. The van der Waals surface area contributed by atoms with Gasteiger partial charge in [-0.05, 0) is 43.3 Å². The summed E-state index contributed by atoms with van der Waals surface area (Å²) >= 11 is 0. The molecule has 0 spiro atoms. The molecule has 0 N–H and O–H groups in total. The molecule has 3 amide bonds. The summed E-state index contributed by atoms with van der Waals surface area (Å²) in [6.07, 6.45) is 0. The first-order valence-electron chi connectivity index (χ1n) is 9.55. The summed E-state index contributed by atoms with van der Waals surface area (Å²) in [7, 11) is 1.60. The highest BCUT2D eigenvalue weighted by atomic mass is 16.5. The van der Waals surface area contributed by atoms with Gasteiger partial charge in [0.05, 0.1) is 16.8 Å². The summed E-state index contributed by atoms with van der Waals surface area (Å²) in [6, 6.07) is 22.0. The Bertz CT molecular complexity index is 1090. The average Bonchev–Trinajstić information content (AvgIpc) is 3.04. The predicted octanol–water partition coefficient (Wildman–Crippen LogP) is 4.13. The lowest BCUT2D eigenvalue weighted by Crippen LogP contribution is -2.48. The molecule has 1 unspecified atom stereocenters. The smallest absolute Gasteiger partial charge is 0.262 e. The minimum atomic E-state index is -0.966. The number of nitrogens with zero attached hydrogens (tertiary/aromatic N) is 2. The average molecular weight is 400 g/mol. The van der Waals surface area contributed by atoms with E-state index in [-0.39, 0.29) is 0 Å². The molecule has 0 radical (unpaired) electrons. The first kappa shape index (κ1) is 19.4. The van der Waals surface area contributed by atoms with Gasteiger partial charge in [0.25, 0.3) is 11.8 Å². The molecule has 0 saturated carbocycles. The molecule has 3 aromatic carbocycles. The molecular formula is C24H20N2O4. The third kappa shape index (κ3) is 3.33. The summed E-state index contributed by atoms with van der Waals surface area (Å²) in [6.45, 7) is 1.56. The monoisotopic (exact) mass is 400 g/mol. The molecular weight excluding hydrogens is 380 g/mol.